The molecule has 7 nitrogen and oxygen atoms in total. The van der Waals surface area contributed by atoms with Crippen molar-refractivity contribution in [2.75, 3.05) is 59.7 Å². The van der Waals surface area contributed by atoms with Gasteiger partial charge in [-0.1, -0.05) is 6.07 Å². The van der Waals surface area contributed by atoms with Crippen molar-refractivity contribution in [3.05, 3.63) is 23.8 Å². The minimum atomic E-state index is 0. The van der Waals surface area contributed by atoms with Crippen LogP contribution >= 0.6 is 24.0 Å². The maximum Gasteiger partial charge on any atom is 0.191 e. The SMILES string of the molecule is CN=C(NCCc1ccc2c(c1)OCCO2)NCC(C)(C)N1CCOCC1.I. The Morgan fingerprint density at radius 3 is 2.50 bits per heavy atom. The van der Waals surface area contributed by atoms with Crippen molar-refractivity contribution in [3.63, 3.8) is 0 Å². The Balaban J connectivity index is 0.00000280. The zero-order valence-electron chi connectivity index (χ0n) is 17.1. The van der Waals surface area contributed by atoms with Crippen molar-refractivity contribution in [1.82, 2.24) is 15.5 Å². The second kappa shape index (κ2) is 11.1. The summed E-state index contributed by atoms with van der Waals surface area (Å²) in [5.41, 5.74) is 1.27. The summed E-state index contributed by atoms with van der Waals surface area (Å²) in [5, 5.41) is 6.85. The quantitative estimate of drug-likeness (QED) is 0.351. The number of morpholine rings is 1. The van der Waals surface area contributed by atoms with Gasteiger partial charge in [-0.05, 0) is 38.0 Å². The average molecular weight is 504 g/mol. The van der Waals surface area contributed by atoms with Gasteiger partial charge in [0.25, 0.3) is 0 Å². The van der Waals surface area contributed by atoms with Gasteiger partial charge in [0.1, 0.15) is 13.2 Å². The van der Waals surface area contributed by atoms with Crippen molar-refractivity contribution in [2.45, 2.75) is 25.8 Å². The second-order valence-corrected chi connectivity index (χ2v) is 7.49. The Morgan fingerprint density at radius 1 is 1.07 bits per heavy atom. The molecule has 1 fully saturated rings. The van der Waals surface area contributed by atoms with Gasteiger partial charge in [-0.2, -0.15) is 0 Å². The number of benzene rings is 1. The van der Waals surface area contributed by atoms with Crippen molar-refractivity contribution >= 4 is 29.9 Å². The lowest BCUT2D eigenvalue weighted by atomic mass is 10.0. The second-order valence-electron chi connectivity index (χ2n) is 7.49. The predicted molar refractivity (Wildman–Crippen MR) is 122 cm³/mol. The molecular weight excluding hydrogens is 471 g/mol. The van der Waals surface area contributed by atoms with E-state index in [4.69, 9.17) is 14.2 Å². The van der Waals surface area contributed by atoms with E-state index < -0.39 is 0 Å². The number of hydrogen-bond donors (Lipinski definition) is 2. The molecule has 28 heavy (non-hydrogen) atoms. The molecule has 0 aromatic heterocycles. The third-order valence-corrected chi connectivity index (χ3v) is 5.09. The molecule has 3 rings (SSSR count). The molecule has 0 radical (unpaired) electrons. The summed E-state index contributed by atoms with van der Waals surface area (Å²) in [7, 11) is 1.81. The number of halogens is 1. The number of aliphatic imine (C=N–C) groups is 1. The van der Waals surface area contributed by atoms with Gasteiger partial charge in [0, 0.05) is 38.8 Å². The lowest BCUT2D eigenvalue weighted by Crippen LogP contribution is -2.56. The number of ether oxygens (including phenoxy) is 3. The zero-order valence-corrected chi connectivity index (χ0v) is 19.5. The third-order valence-electron chi connectivity index (χ3n) is 5.09. The summed E-state index contributed by atoms with van der Waals surface area (Å²) >= 11 is 0. The van der Waals surface area contributed by atoms with E-state index in [0.717, 1.165) is 63.3 Å². The Labute approximate surface area is 185 Å². The molecule has 2 N–H and O–H groups in total. The van der Waals surface area contributed by atoms with Crippen molar-refractivity contribution in [1.29, 1.82) is 0 Å². The van der Waals surface area contributed by atoms with Crippen LogP contribution in [0.4, 0.5) is 0 Å². The Kier molecular flexibility index (Phi) is 9.10. The number of guanidine groups is 1. The van der Waals surface area contributed by atoms with E-state index in [-0.39, 0.29) is 29.5 Å². The first-order valence-electron chi connectivity index (χ1n) is 9.74. The van der Waals surface area contributed by atoms with Crippen LogP contribution in [0.5, 0.6) is 11.5 Å². The molecule has 158 valence electrons. The Hall–Kier alpha value is -1.26. The molecule has 8 heteroatoms. The molecule has 1 aromatic carbocycles. The van der Waals surface area contributed by atoms with E-state index in [9.17, 15) is 0 Å². The van der Waals surface area contributed by atoms with Crippen LogP contribution in [0, 0.1) is 0 Å². The molecule has 1 saturated heterocycles. The van der Waals surface area contributed by atoms with Gasteiger partial charge in [-0.3, -0.25) is 9.89 Å². The molecule has 0 unspecified atom stereocenters. The molecule has 0 bridgehead atoms. The van der Waals surface area contributed by atoms with Crippen molar-refractivity contribution < 1.29 is 14.2 Å². The van der Waals surface area contributed by atoms with E-state index in [1.807, 2.05) is 6.07 Å². The zero-order chi connectivity index (χ0) is 19.1. The van der Waals surface area contributed by atoms with E-state index >= 15 is 0 Å². The molecule has 0 saturated carbocycles. The van der Waals surface area contributed by atoms with Gasteiger partial charge in [-0.25, -0.2) is 0 Å². The van der Waals surface area contributed by atoms with Crippen LogP contribution < -0.4 is 20.1 Å². The number of rotatable bonds is 6. The molecule has 1 aromatic rings. The first-order valence-corrected chi connectivity index (χ1v) is 9.74. The summed E-state index contributed by atoms with van der Waals surface area (Å²) in [5.74, 6) is 2.50. The summed E-state index contributed by atoms with van der Waals surface area (Å²) in [4.78, 5) is 6.81. The first-order chi connectivity index (χ1) is 13.1. The van der Waals surface area contributed by atoms with E-state index in [0.29, 0.717) is 13.2 Å². The highest BCUT2D eigenvalue weighted by molar-refractivity contribution is 14.0. The van der Waals surface area contributed by atoms with Crippen molar-refractivity contribution in [2.24, 2.45) is 4.99 Å². The number of nitrogens with zero attached hydrogens (tertiary/aromatic N) is 2. The van der Waals surface area contributed by atoms with Gasteiger partial charge < -0.3 is 24.8 Å². The lowest BCUT2D eigenvalue weighted by Gasteiger charge is -2.41. The predicted octanol–water partition coefficient (Wildman–Crippen LogP) is 1.89. The van der Waals surface area contributed by atoms with Crippen molar-refractivity contribution in [3.8, 4) is 11.5 Å². The van der Waals surface area contributed by atoms with Crippen LogP contribution in [0.3, 0.4) is 0 Å². The van der Waals surface area contributed by atoms with Crippen LogP contribution in [0.2, 0.25) is 0 Å². The molecule has 0 amide bonds. The fourth-order valence-corrected chi connectivity index (χ4v) is 3.37. The molecule has 2 aliphatic heterocycles. The monoisotopic (exact) mass is 504 g/mol. The highest BCUT2D eigenvalue weighted by atomic mass is 127. The van der Waals surface area contributed by atoms with E-state index in [2.05, 4.69) is 46.5 Å². The fourth-order valence-electron chi connectivity index (χ4n) is 3.37. The summed E-state index contributed by atoms with van der Waals surface area (Å²) < 4.78 is 16.7. The Bertz CT molecular complexity index is 648. The average Bonchev–Trinajstić information content (AvgIpc) is 2.71. The largest absolute Gasteiger partial charge is 0.486 e. The van der Waals surface area contributed by atoms with Gasteiger partial charge in [-0.15, -0.1) is 24.0 Å². The summed E-state index contributed by atoms with van der Waals surface area (Å²) in [6.45, 7) is 11.0. The van der Waals surface area contributed by atoms with Gasteiger partial charge in [0.05, 0.1) is 13.2 Å². The topological polar surface area (TPSA) is 67.4 Å². The molecular formula is C20H33IN4O3. The molecule has 2 aliphatic rings. The standard InChI is InChI=1S/C20H32N4O3.HI/c1-20(2,24-8-10-25-11-9-24)15-23-19(21-3)22-7-6-16-4-5-17-18(14-16)27-13-12-26-17;/h4-5,14H,6-13,15H2,1-3H3,(H2,21,22,23);1H. The Morgan fingerprint density at radius 2 is 1.79 bits per heavy atom. The van der Waals surface area contributed by atoms with Crippen LogP contribution in [-0.4, -0.2) is 76.1 Å². The van der Waals surface area contributed by atoms with Crippen LogP contribution in [-0.2, 0) is 11.2 Å². The highest BCUT2D eigenvalue weighted by Crippen LogP contribution is 2.30. The number of hydrogen-bond acceptors (Lipinski definition) is 5. The van der Waals surface area contributed by atoms with Crippen LogP contribution in [0.1, 0.15) is 19.4 Å². The minimum absolute atomic E-state index is 0. The van der Waals surface area contributed by atoms with Gasteiger partial charge >= 0.3 is 0 Å². The summed E-state index contributed by atoms with van der Waals surface area (Å²) in [6, 6.07) is 6.14. The lowest BCUT2D eigenvalue weighted by molar-refractivity contribution is -0.00833. The molecule has 2 heterocycles. The van der Waals surface area contributed by atoms with E-state index in [1.54, 1.807) is 7.05 Å². The summed E-state index contributed by atoms with van der Waals surface area (Å²) in [6.07, 6.45) is 0.893. The normalized spacial score (nSPS) is 17.6. The highest BCUT2D eigenvalue weighted by Gasteiger charge is 2.28. The maximum atomic E-state index is 5.65. The fraction of sp³-hybridized carbons (Fsp3) is 0.650. The smallest absolute Gasteiger partial charge is 0.191 e. The first kappa shape index (κ1) is 23.0. The maximum absolute atomic E-state index is 5.65. The third kappa shape index (κ3) is 6.38. The minimum Gasteiger partial charge on any atom is -0.486 e. The number of fused-ring (bicyclic) bond motifs is 1. The van der Waals surface area contributed by atoms with Gasteiger partial charge in [0.15, 0.2) is 17.5 Å². The van der Waals surface area contributed by atoms with E-state index in [1.165, 1.54) is 5.56 Å². The molecule has 0 atom stereocenters. The number of nitrogens with one attached hydrogen (secondary N) is 2. The van der Waals surface area contributed by atoms with Gasteiger partial charge in [0.2, 0.25) is 0 Å². The molecule has 0 spiro atoms. The van der Waals surface area contributed by atoms with Crippen LogP contribution in [0.15, 0.2) is 23.2 Å². The van der Waals surface area contributed by atoms with Crippen LogP contribution in [0.25, 0.3) is 0 Å². The molecule has 0 aliphatic carbocycles.